The number of hydrogen-bond acceptors (Lipinski definition) is 6. The second-order valence-electron chi connectivity index (χ2n) is 10.1. The lowest BCUT2D eigenvalue weighted by Gasteiger charge is -2.14. The third kappa shape index (κ3) is 5.21. The summed E-state index contributed by atoms with van der Waals surface area (Å²) in [7, 11) is 0. The van der Waals surface area contributed by atoms with Crippen molar-refractivity contribution in [3.05, 3.63) is 107 Å². The van der Waals surface area contributed by atoms with Crippen molar-refractivity contribution < 1.29 is 18.4 Å². The fraction of sp³-hybridized carbons (Fsp3) is 0.182. The molecule has 3 aromatic carbocycles. The highest BCUT2D eigenvalue weighted by atomic mass is 35.5. The predicted molar refractivity (Wildman–Crippen MR) is 158 cm³/mol. The number of anilines is 2. The number of pyridine rings is 1. The van der Waals surface area contributed by atoms with E-state index >= 15 is 0 Å². The molecular weight excluding hydrogens is 541 g/mol. The molecule has 0 amide bonds. The largest absolute Gasteiger partial charge is 0.465 e. The Balaban J connectivity index is 1.22. The van der Waals surface area contributed by atoms with Gasteiger partial charge in [0.15, 0.2) is 5.76 Å². The molecule has 1 N–H and O–H groups in total. The Kier molecular flexibility index (Phi) is 7.05. The number of carbonyl (C=O) groups is 1. The number of esters is 1. The number of aromatic nitrogens is 2. The van der Waals surface area contributed by atoms with Crippen molar-refractivity contribution in [2.75, 3.05) is 11.9 Å². The average Bonchev–Trinajstić information content (AvgIpc) is 3.73. The Hall–Kier alpha value is -4.49. The second-order valence-corrected chi connectivity index (χ2v) is 10.5. The van der Waals surface area contributed by atoms with Gasteiger partial charge in [0.1, 0.15) is 23.0 Å². The highest BCUT2D eigenvalue weighted by Gasteiger charge is 2.52. The van der Waals surface area contributed by atoms with Crippen LogP contribution in [0.5, 0.6) is 0 Å². The number of benzene rings is 3. The van der Waals surface area contributed by atoms with E-state index in [9.17, 15) is 9.18 Å². The SMILES string of the molecule is CCOC(=O)C1(c2ccc(-c3ccc(-c4onc(C)c4Nc4cccc(-c5cc(F)ccc5Cl)n4)cc3)cc2)CC1. The average molecular weight is 568 g/mol. The minimum absolute atomic E-state index is 0.136. The first-order valence-corrected chi connectivity index (χ1v) is 13.8. The van der Waals surface area contributed by atoms with Crippen molar-refractivity contribution in [1.82, 2.24) is 10.1 Å². The zero-order chi connectivity index (χ0) is 28.6. The van der Waals surface area contributed by atoms with Crippen LogP contribution in [-0.2, 0) is 14.9 Å². The molecule has 2 heterocycles. The maximum atomic E-state index is 13.9. The lowest BCUT2D eigenvalue weighted by Crippen LogP contribution is -2.23. The van der Waals surface area contributed by atoms with E-state index in [1.165, 1.54) is 18.2 Å². The van der Waals surface area contributed by atoms with Gasteiger partial charge in [0.2, 0.25) is 0 Å². The van der Waals surface area contributed by atoms with E-state index in [1.54, 1.807) is 6.07 Å². The summed E-state index contributed by atoms with van der Waals surface area (Å²) >= 11 is 6.30. The minimum atomic E-state index is -0.482. The van der Waals surface area contributed by atoms with Crippen LogP contribution in [-0.4, -0.2) is 22.7 Å². The fourth-order valence-electron chi connectivity index (χ4n) is 4.99. The first-order valence-electron chi connectivity index (χ1n) is 13.4. The first kappa shape index (κ1) is 26.7. The second kappa shape index (κ2) is 10.8. The number of hydrogen-bond donors (Lipinski definition) is 1. The van der Waals surface area contributed by atoms with Crippen LogP contribution >= 0.6 is 11.6 Å². The van der Waals surface area contributed by atoms with Crippen LogP contribution in [0.2, 0.25) is 5.02 Å². The van der Waals surface area contributed by atoms with Gasteiger partial charge in [0.25, 0.3) is 0 Å². The molecule has 0 radical (unpaired) electrons. The van der Waals surface area contributed by atoms with Crippen LogP contribution in [0, 0.1) is 12.7 Å². The van der Waals surface area contributed by atoms with Crippen molar-refractivity contribution in [3.8, 4) is 33.7 Å². The predicted octanol–water partition coefficient (Wildman–Crippen LogP) is 8.51. The van der Waals surface area contributed by atoms with E-state index in [-0.39, 0.29) is 11.8 Å². The van der Waals surface area contributed by atoms with Gasteiger partial charge < -0.3 is 14.6 Å². The van der Waals surface area contributed by atoms with Crippen LogP contribution in [0.25, 0.3) is 33.7 Å². The van der Waals surface area contributed by atoms with Gasteiger partial charge in [-0.05, 0) is 73.7 Å². The molecule has 41 heavy (non-hydrogen) atoms. The molecule has 206 valence electrons. The van der Waals surface area contributed by atoms with Crippen LogP contribution < -0.4 is 5.32 Å². The molecule has 1 saturated carbocycles. The molecule has 8 heteroatoms. The number of aryl methyl sites for hydroxylation is 1. The summed E-state index contributed by atoms with van der Waals surface area (Å²) in [5, 5.41) is 7.90. The van der Waals surface area contributed by atoms with Gasteiger partial charge in [-0.1, -0.05) is 71.4 Å². The third-order valence-electron chi connectivity index (χ3n) is 7.40. The maximum absolute atomic E-state index is 13.9. The molecule has 0 aliphatic heterocycles. The molecule has 6 rings (SSSR count). The van der Waals surface area contributed by atoms with Gasteiger partial charge in [0.05, 0.1) is 22.7 Å². The molecule has 0 atom stereocenters. The van der Waals surface area contributed by atoms with E-state index in [0.717, 1.165) is 35.1 Å². The lowest BCUT2D eigenvalue weighted by atomic mass is 9.93. The van der Waals surface area contributed by atoms with E-state index in [2.05, 4.69) is 15.5 Å². The van der Waals surface area contributed by atoms with E-state index in [4.69, 9.17) is 20.9 Å². The highest BCUT2D eigenvalue weighted by molar-refractivity contribution is 6.33. The van der Waals surface area contributed by atoms with Crippen molar-refractivity contribution in [3.63, 3.8) is 0 Å². The number of halogens is 2. The molecule has 6 nitrogen and oxygen atoms in total. The molecule has 2 aromatic heterocycles. The summed E-state index contributed by atoms with van der Waals surface area (Å²) in [4.78, 5) is 17.1. The fourth-order valence-corrected chi connectivity index (χ4v) is 5.21. The van der Waals surface area contributed by atoms with Crippen LogP contribution in [0.1, 0.15) is 31.0 Å². The van der Waals surface area contributed by atoms with Gasteiger partial charge >= 0.3 is 5.97 Å². The van der Waals surface area contributed by atoms with E-state index in [1.807, 2.05) is 74.5 Å². The van der Waals surface area contributed by atoms with Crippen LogP contribution in [0.15, 0.2) is 89.5 Å². The molecule has 0 unspecified atom stereocenters. The number of rotatable bonds is 8. The highest BCUT2D eigenvalue weighted by Crippen LogP contribution is 2.49. The monoisotopic (exact) mass is 567 g/mol. The van der Waals surface area contributed by atoms with E-state index < -0.39 is 5.41 Å². The zero-order valence-corrected chi connectivity index (χ0v) is 23.3. The van der Waals surface area contributed by atoms with Crippen LogP contribution in [0.4, 0.5) is 15.9 Å². The number of nitrogens with zero attached hydrogens (tertiary/aromatic N) is 2. The number of ether oxygens (including phenoxy) is 1. The van der Waals surface area contributed by atoms with Gasteiger partial charge in [0, 0.05) is 11.1 Å². The Labute approximate surface area is 242 Å². The summed E-state index contributed by atoms with van der Waals surface area (Å²) in [5.41, 5.74) is 5.85. The van der Waals surface area contributed by atoms with Gasteiger partial charge in [-0.2, -0.15) is 0 Å². The molecule has 5 aromatic rings. The Bertz CT molecular complexity index is 1730. The van der Waals surface area contributed by atoms with Crippen molar-refractivity contribution >= 4 is 29.1 Å². The Morgan fingerprint density at radius 2 is 1.68 bits per heavy atom. The Morgan fingerprint density at radius 1 is 1.00 bits per heavy atom. The van der Waals surface area contributed by atoms with Crippen molar-refractivity contribution in [2.45, 2.75) is 32.1 Å². The topological polar surface area (TPSA) is 77.2 Å². The maximum Gasteiger partial charge on any atom is 0.316 e. The van der Waals surface area contributed by atoms with Gasteiger partial charge in [-0.15, -0.1) is 0 Å². The van der Waals surface area contributed by atoms with Crippen molar-refractivity contribution in [1.29, 1.82) is 0 Å². The summed E-state index contributed by atoms with van der Waals surface area (Å²) in [6.45, 7) is 4.07. The first-order chi connectivity index (χ1) is 19.9. The van der Waals surface area contributed by atoms with Crippen LogP contribution in [0.3, 0.4) is 0 Å². The standard InChI is InChI=1S/C33H27ClFN3O3/c1-3-40-32(39)33(17-18-33)24-13-11-22(12-14-24)21-7-9-23(10-8-21)31-30(20(2)38-41-31)37-29-6-4-5-28(36-29)26-19-25(35)15-16-27(26)34/h4-16,19H,3,17-18H2,1-2H3,(H,36,37). The molecule has 0 bridgehead atoms. The number of nitrogens with one attached hydrogen (secondary N) is 1. The molecule has 0 spiro atoms. The van der Waals surface area contributed by atoms with Crippen molar-refractivity contribution in [2.24, 2.45) is 0 Å². The normalized spacial score (nSPS) is 13.6. The molecule has 0 saturated heterocycles. The zero-order valence-electron chi connectivity index (χ0n) is 22.6. The summed E-state index contributed by atoms with van der Waals surface area (Å²) in [6, 6.07) is 25.7. The third-order valence-corrected chi connectivity index (χ3v) is 7.73. The molecule has 1 aliphatic carbocycles. The Morgan fingerprint density at radius 3 is 2.37 bits per heavy atom. The smallest absolute Gasteiger partial charge is 0.316 e. The van der Waals surface area contributed by atoms with Gasteiger partial charge in [-0.25, -0.2) is 9.37 Å². The van der Waals surface area contributed by atoms with E-state index in [0.29, 0.717) is 45.8 Å². The summed E-state index contributed by atoms with van der Waals surface area (Å²) < 4.78 is 24.8. The molecular formula is C33H27ClFN3O3. The molecule has 1 aliphatic rings. The van der Waals surface area contributed by atoms with Gasteiger partial charge in [-0.3, -0.25) is 4.79 Å². The minimum Gasteiger partial charge on any atom is -0.465 e. The quantitative estimate of drug-likeness (QED) is 0.189. The molecule has 1 fully saturated rings. The summed E-state index contributed by atoms with van der Waals surface area (Å²) in [6.07, 6.45) is 1.65. The number of carbonyl (C=O) groups excluding carboxylic acids is 1. The lowest BCUT2D eigenvalue weighted by molar-refractivity contribution is -0.146. The summed E-state index contributed by atoms with van der Waals surface area (Å²) in [5.74, 6) is 0.599.